The van der Waals surface area contributed by atoms with E-state index in [-0.39, 0.29) is 9.70 Å². The number of hydrogen-bond acceptors (Lipinski definition) is 5. The van der Waals surface area contributed by atoms with Gasteiger partial charge in [0.25, 0.3) is 0 Å². The van der Waals surface area contributed by atoms with Gasteiger partial charge in [0, 0.05) is 34.9 Å². The molecule has 0 amide bonds. The van der Waals surface area contributed by atoms with Crippen LogP contribution in [-0.2, 0) is 12.8 Å². The summed E-state index contributed by atoms with van der Waals surface area (Å²) in [7, 11) is -1.67. The molecule has 1 aliphatic carbocycles. The van der Waals surface area contributed by atoms with Crippen molar-refractivity contribution in [2.75, 3.05) is 11.5 Å². The van der Waals surface area contributed by atoms with Gasteiger partial charge in [-0.3, -0.25) is 0 Å². The van der Waals surface area contributed by atoms with E-state index in [0.29, 0.717) is 5.58 Å². The summed E-state index contributed by atoms with van der Waals surface area (Å²) in [6.45, 7) is 6.45. The highest BCUT2D eigenvalue weighted by Crippen LogP contribution is 2.51. The molecular formula is C18H22O3S2Si. The molecule has 4 rings (SSSR count). The lowest BCUT2D eigenvalue weighted by Gasteiger charge is -2.32. The number of aryl methyl sites for hydroxylation is 1. The average Bonchev–Trinajstić information content (AvgIpc) is 2.94. The van der Waals surface area contributed by atoms with Crippen LogP contribution in [0.4, 0.5) is 0 Å². The Morgan fingerprint density at radius 1 is 1.17 bits per heavy atom. The van der Waals surface area contributed by atoms with Gasteiger partial charge in [0.1, 0.15) is 11.3 Å². The molecule has 0 bridgehead atoms. The molecule has 1 fully saturated rings. The average molecular weight is 379 g/mol. The minimum Gasteiger partial charge on any atom is -0.544 e. The van der Waals surface area contributed by atoms with E-state index >= 15 is 0 Å². The fourth-order valence-corrected chi connectivity index (χ4v) is 7.65. The zero-order valence-electron chi connectivity index (χ0n) is 14.3. The number of rotatable bonds is 2. The van der Waals surface area contributed by atoms with Crippen LogP contribution in [0.1, 0.15) is 17.5 Å². The second-order valence-corrected chi connectivity index (χ2v) is 15.1. The fraction of sp³-hybridized carbons (Fsp3) is 0.500. The second kappa shape index (κ2) is 5.85. The summed E-state index contributed by atoms with van der Waals surface area (Å²) in [5.74, 6) is 3.19. The molecule has 2 heterocycles. The smallest absolute Gasteiger partial charge is 0.339 e. The van der Waals surface area contributed by atoms with E-state index in [1.165, 1.54) is 17.1 Å². The summed E-state index contributed by atoms with van der Waals surface area (Å²) >= 11 is 4.04. The molecule has 24 heavy (non-hydrogen) atoms. The van der Waals surface area contributed by atoms with E-state index in [2.05, 4.69) is 25.7 Å². The molecule has 0 unspecified atom stereocenters. The first kappa shape index (κ1) is 16.6. The minimum absolute atomic E-state index is 0.158. The molecule has 1 aromatic heterocycles. The fourth-order valence-electron chi connectivity index (χ4n) is 3.58. The molecule has 1 aliphatic heterocycles. The predicted molar refractivity (Wildman–Crippen MR) is 106 cm³/mol. The third kappa shape index (κ3) is 3.04. The predicted octanol–water partition coefficient (Wildman–Crippen LogP) is 4.67. The van der Waals surface area contributed by atoms with E-state index in [9.17, 15) is 4.79 Å². The van der Waals surface area contributed by atoms with Crippen molar-refractivity contribution in [2.45, 2.75) is 43.0 Å². The van der Waals surface area contributed by atoms with Crippen molar-refractivity contribution < 1.29 is 8.84 Å². The summed E-state index contributed by atoms with van der Waals surface area (Å²) < 4.78 is 11.9. The Bertz CT molecular complexity index is 848. The monoisotopic (exact) mass is 378 g/mol. The molecule has 0 radical (unpaired) electrons. The highest BCUT2D eigenvalue weighted by atomic mass is 32.2. The lowest BCUT2D eigenvalue weighted by molar-refractivity contribution is 0.524. The zero-order valence-corrected chi connectivity index (χ0v) is 16.9. The van der Waals surface area contributed by atoms with Crippen LogP contribution in [0.2, 0.25) is 19.6 Å². The van der Waals surface area contributed by atoms with Gasteiger partial charge in [0.15, 0.2) is 0 Å². The molecule has 2 aromatic rings. The molecule has 6 heteroatoms. The molecule has 1 saturated heterocycles. The number of thioether (sulfide) groups is 2. The van der Waals surface area contributed by atoms with E-state index < -0.39 is 8.32 Å². The van der Waals surface area contributed by atoms with Crippen LogP contribution in [0.5, 0.6) is 5.75 Å². The third-order valence-electron chi connectivity index (χ3n) is 4.53. The quantitative estimate of drug-likeness (QED) is 0.561. The third-order valence-corrected chi connectivity index (χ3v) is 8.91. The summed E-state index contributed by atoms with van der Waals surface area (Å²) in [6, 6.07) is 5.97. The largest absolute Gasteiger partial charge is 0.544 e. The van der Waals surface area contributed by atoms with Gasteiger partial charge in [-0.05, 0) is 50.2 Å². The minimum atomic E-state index is -1.67. The van der Waals surface area contributed by atoms with Crippen LogP contribution in [0.15, 0.2) is 27.4 Å². The van der Waals surface area contributed by atoms with Crippen molar-refractivity contribution in [3.05, 3.63) is 39.7 Å². The first-order valence-electron chi connectivity index (χ1n) is 8.41. The van der Waals surface area contributed by atoms with Crippen LogP contribution < -0.4 is 10.1 Å². The van der Waals surface area contributed by atoms with Crippen LogP contribution >= 0.6 is 23.5 Å². The Hall–Kier alpha value is -0.853. The van der Waals surface area contributed by atoms with Crippen molar-refractivity contribution in [3.63, 3.8) is 0 Å². The van der Waals surface area contributed by atoms with Crippen LogP contribution in [0.3, 0.4) is 0 Å². The summed E-state index contributed by atoms with van der Waals surface area (Å²) in [4.78, 5) is 12.6. The zero-order chi connectivity index (χ0) is 16.9. The van der Waals surface area contributed by atoms with Gasteiger partial charge in [-0.25, -0.2) is 4.79 Å². The Labute approximate surface area is 151 Å². The van der Waals surface area contributed by atoms with Gasteiger partial charge in [-0.2, -0.15) is 0 Å². The lowest BCUT2D eigenvalue weighted by Crippen LogP contribution is -2.31. The molecule has 0 saturated carbocycles. The molecule has 128 valence electrons. The van der Waals surface area contributed by atoms with E-state index in [1.54, 1.807) is 0 Å². The maximum absolute atomic E-state index is 12.6. The number of hydrogen-bond donors (Lipinski definition) is 0. The topological polar surface area (TPSA) is 39.4 Å². The molecule has 0 atom stereocenters. The standard InChI is InChI=1S/C18H22O3S2Si/c1-24(2,3)21-12-4-5-14-13-6-7-18(22-8-9-23-18)11-15(13)17(19)20-16(14)10-12/h4-5,10H,6-9,11H2,1-3H3. The normalized spacial score (nSPS) is 19.6. The summed E-state index contributed by atoms with van der Waals surface area (Å²) in [6.07, 6.45) is 2.94. The SMILES string of the molecule is C[Si](C)(C)Oc1ccc2c3c(c(=O)oc2c1)CC1(CC3)SCCS1. The van der Waals surface area contributed by atoms with Gasteiger partial charge in [-0.1, -0.05) is 0 Å². The van der Waals surface area contributed by atoms with Crippen LogP contribution in [0.25, 0.3) is 11.0 Å². The van der Waals surface area contributed by atoms with Gasteiger partial charge in [-0.15, -0.1) is 23.5 Å². The molecular weight excluding hydrogens is 356 g/mol. The number of benzene rings is 1. The van der Waals surface area contributed by atoms with E-state index in [4.69, 9.17) is 8.84 Å². The first-order valence-corrected chi connectivity index (χ1v) is 13.8. The molecule has 0 N–H and O–H groups in total. The summed E-state index contributed by atoms with van der Waals surface area (Å²) in [5.41, 5.74) is 2.60. The maximum Gasteiger partial charge on any atom is 0.339 e. The lowest BCUT2D eigenvalue weighted by atomic mass is 9.90. The molecule has 1 aromatic carbocycles. The first-order chi connectivity index (χ1) is 11.4. The molecule has 2 aliphatic rings. The van der Waals surface area contributed by atoms with Gasteiger partial charge in [0.2, 0.25) is 8.32 Å². The van der Waals surface area contributed by atoms with Crippen molar-refractivity contribution in [1.29, 1.82) is 0 Å². The van der Waals surface area contributed by atoms with Crippen LogP contribution in [0, 0.1) is 0 Å². The summed E-state index contributed by atoms with van der Waals surface area (Å²) in [5, 5.41) is 1.08. The Morgan fingerprint density at radius 3 is 2.62 bits per heavy atom. The highest BCUT2D eigenvalue weighted by Gasteiger charge is 2.40. The highest BCUT2D eigenvalue weighted by molar-refractivity contribution is 8.21. The second-order valence-electron chi connectivity index (χ2n) is 7.50. The van der Waals surface area contributed by atoms with E-state index in [1.807, 2.05) is 35.7 Å². The van der Waals surface area contributed by atoms with Crippen molar-refractivity contribution in [2.24, 2.45) is 0 Å². The maximum atomic E-state index is 12.6. The number of fused-ring (bicyclic) bond motifs is 3. The molecule has 3 nitrogen and oxygen atoms in total. The molecule has 1 spiro atoms. The van der Waals surface area contributed by atoms with Crippen molar-refractivity contribution in [1.82, 2.24) is 0 Å². The Balaban J connectivity index is 1.78. The van der Waals surface area contributed by atoms with Gasteiger partial charge in [0.05, 0.1) is 4.08 Å². The Kier molecular flexibility index (Phi) is 4.05. The van der Waals surface area contributed by atoms with E-state index in [0.717, 1.165) is 36.0 Å². The van der Waals surface area contributed by atoms with Crippen LogP contribution in [-0.4, -0.2) is 23.9 Å². The Morgan fingerprint density at radius 2 is 1.92 bits per heavy atom. The van der Waals surface area contributed by atoms with Gasteiger partial charge >= 0.3 is 5.63 Å². The van der Waals surface area contributed by atoms with Crippen molar-refractivity contribution >= 4 is 42.8 Å². The van der Waals surface area contributed by atoms with Gasteiger partial charge < -0.3 is 8.84 Å². The van der Waals surface area contributed by atoms with Crippen molar-refractivity contribution in [3.8, 4) is 5.75 Å².